The van der Waals surface area contributed by atoms with Crippen LogP contribution in [0.3, 0.4) is 0 Å². The van der Waals surface area contributed by atoms with Gasteiger partial charge in [0.2, 0.25) is 0 Å². The third-order valence-electron chi connectivity index (χ3n) is 5.69. The summed E-state index contributed by atoms with van der Waals surface area (Å²) < 4.78 is 25.6. The van der Waals surface area contributed by atoms with Crippen LogP contribution in [0.1, 0.15) is 17.5 Å². The molecule has 158 valence electrons. The number of nitrogens with zero attached hydrogens (tertiary/aromatic N) is 2. The van der Waals surface area contributed by atoms with E-state index in [2.05, 4.69) is 29.2 Å². The molecule has 0 aromatic heterocycles. The molecule has 0 saturated carbocycles. The lowest BCUT2D eigenvalue weighted by Gasteiger charge is -2.16. The van der Waals surface area contributed by atoms with E-state index in [1.54, 1.807) is 18.2 Å². The van der Waals surface area contributed by atoms with Crippen molar-refractivity contribution in [3.8, 4) is 17.2 Å². The molecule has 0 N–H and O–H groups in total. The van der Waals surface area contributed by atoms with Gasteiger partial charge in [0.15, 0.2) is 9.84 Å². The summed E-state index contributed by atoms with van der Waals surface area (Å²) >= 11 is 5.96. The van der Waals surface area contributed by atoms with Gasteiger partial charge >= 0.3 is 0 Å². The summed E-state index contributed by atoms with van der Waals surface area (Å²) in [6.45, 7) is 2.45. The lowest BCUT2D eigenvalue weighted by Crippen LogP contribution is -2.23. The number of sulfone groups is 1. The standard InChI is InChI=1S/C25H23ClN2O2S/c26-24-10-8-23(9-11-24)22-6-4-19(5-7-22)16-28-13-12-21(17-28)18-31(29,30)25-3-1-2-20(14-25)15-27/h1-11,14,21H,12-13,16-18H2/t21-/m1/s1. The first-order chi connectivity index (χ1) is 14.9. The molecule has 0 amide bonds. The van der Waals surface area contributed by atoms with Crippen LogP contribution in [0, 0.1) is 17.2 Å². The molecule has 4 nitrogen and oxygen atoms in total. The third-order valence-corrected chi connectivity index (χ3v) is 7.82. The highest BCUT2D eigenvalue weighted by atomic mass is 35.5. The minimum Gasteiger partial charge on any atom is -0.299 e. The van der Waals surface area contributed by atoms with Gasteiger partial charge in [0.25, 0.3) is 0 Å². The normalized spacial score (nSPS) is 16.8. The fourth-order valence-electron chi connectivity index (χ4n) is 4.06. The van der Waals surface area contributed by atoms with E-state index < -0.39 is 9.84 Å². The van der Waals surface area contributed by atoms with Gasteiger partial charge in [0, 0.05) is 18.1 Å². The minimum atomic E-state index is -3.40. The van der Waals surface area contributed by atoms with Crippen molar-refractivity contribution in [3.05, 3.63) is 88.9 Å². The molecule has 1 heterocycles. The Morgan fingerprint density at radius 1 is 1.00 bits per heavy atom. The van der Waals surface area contributed by atoms with Crippen molar-refractivity contribution in [2.75, 3.05) is 18.8 Å². The fourth-order valence-corrected chi connectivity index (χ4v) is 5.86. The van der Waals surface area contributed by atoms with Gasteiger partial charge in [0.1, 0.15) is 0 Å². The first-order valence-electron chi connectivity index (χ1n) is 10.2. The number of nitriles is 1. The van der Waals surface area contributed by atoms with E-state index in [-0.39, 0.29) is 16.6 Å². The zero-order chi connectivity index (χ0) is 21.8. The van der Waals surface area contributed by atoms with Gasteiger partial charge in [-0.15, -0.1) is 0 Å². The van der Waals surface area contributed by atoms with Gasteiger partial charge in [-0.05, 0) is 65.9 Å². The number of rotatable bonds is 6. The molecule has 0 radical (unpaired) electrons. The summed E-state index contributed by atoms with van der Waals surface area (Å²) in [4.78, 5) is 2.55. The van der Waals surface area contributed by atoms with E-state index in [0.29, 0.717) is 5.56 Å². The summed E-state index contributed by atoms with van der Waals surface area (Å²) in [5.41, 5.74) is 3.85. The number of halogens is 1. The molecule has 3 aromatic carbocycles. The Bertz CT molecular complexity index is 1200. The average Bonchev–Trinajstić information content (AvgIpc) is 3.21. The highest BCUT2D eigenvalue weighted by Gasteiger charge is 2.28. The van der Waals surface area contributed by atoms with Crippen LogP contribution in [0.5, 0.6) is 0 Å². The average molecular weight is 451 g/mol. The number of hydrogen-bond donors (Lipinski definition) is 0. The van der Waals surface area contributed by atoms with Gasteiger partial charge in [-0.1, -0.05) is 54.1 Å². The quantitative estimate of drug-likeness (QED) is 0.519. The van der Waals surface area contributed by atoms with Gasteiger partial charge in [-0.25, -0.2) is 8.42 Å². The molecule has 1 aliphatic rings. The van der Waals surface area contributed by atoms with Crippen LogP contribution in [0.2, 0.25) is 5.02 Å². The Balaban J connectivity index is 1.36. The maximum absolute atomic E-state index is 12.8. The Morgan fingerprint density at radius 2 is 1.68 bits per heavy atom. The second-order valence-electron chi connectivity index (χ2n) is 8.01. The smallest absolute Gasteiger partial charge is 0.178 e. The molecule has 3 aromatic rings. The summed E-state index contributed by atoms with van der Waals surface area (Å²) in [6.07, 6.45) is 0.861. The highest BCUT2D eigenvalue weighted by Crippen LogP contribution is 2.25. The van der Waals surface area contributed by atoms with E-state index in [9.17, 15) is 8.42 Å². The predicted octanol–water partition coefficient (Wildman–Crippen LogP) is 5.17. The molecule has 6 heteroatoms. The van der Waals surface area contributed by atoms with E-state index in [0.717, 1.165) is 42.2 Å². The maximum Gasteiger partial charge on any atom is 0.178 e. The molecule has 0 unspecified atom stereocenters. The molecular formula is C25H23ClN2O2S. The van der Waals surface area contributed by atoms with Gasteiger partial charge in [-0.2, -0.15) is 5.26 Å². The van der Waals surface area contributed by atoms with E-state index in [4.69, 9.17) is 16.9 Å². The highest BCUT2D eigenvalue weighted by molar-refractivity contribution is 7.91. The number of benzene rings is 3. The van der Waals surface area contributed by atoms with Gasteiger partial charge < -0.3 is 0 Å². The lowest BCUT2D eigenvalue weighted by molar-refractivity contribution is 0.320. The molecule has 1 saturated heterocycles. The second kappa shape index (κ2) is 9.23. The van der Waals surface area contributed by atoms with E-state index in [1.807, 2.05) is 30.3 Å². The zero-order valence-electron chi connectivity index (χ0n) is 17.0. The Morgan fingerprint density at radius 3 is 2.35 bits per heavy atom. The summed E-state index contributed by atoms with van der Waals surface area (Å²) in [5, 5.41) is 9.75. The molecular weight excluding hydrogens is 428 g/mol. The summed E-state index contributed by atoms with van der Waals surface area (Å²) in [5.74, 6) is 0.220. The van der Waals surface area contributed by atoms with Crippen LogP contribution in [0.25, 0.3) is 11.1 Å². The topological polar surface area (TPSA) is 61.2 Å². The first-order valence-corrected chi connectivity index (χ1v) is 12.3. The van der Waals surface area contributed by atoms with Crippen LogP contribution in [-0.4, -0.2) is 32.2 Å². The van der Waals surface area contributed by atoms with Crippen LogP contribution < -0.4 is 0 Å². The molecule has 4 rings (SSSR count). The molecule has 1 fully saturated rings. The summed E-state index contributed by atoms with van der Waals surface area (Å²) in [6, 6.07) is 24.6. The largest absolute Gasteiger partial charge is 0.299 e. The van der Waals surface area contributed by atoms with Crippen molar-refractivity contribution in [1.82, 2.24) is 4.90 Å². The van der Waals surface area contributed by atoms with Crippen molar-refractivity contribution < 1.29 is 8.42 Å². The molecule has 0 spiro atoms. The Kier molecular flexibility index (Phi) is 6.43. The van der Waals surface area contributed by atoms with Crippen LogP contribution in [0.4, 0.5) is 0 Å². The lowest BCUT2D eigenvalue weighted by atomic mass is 10.0. The SMILES string of the molecule is N#Cc1cccc(S(=O)(=O)C[C@@H]2CCN(Cc3ccc(-c4ccc(Cl)cc4)cc3)C2)c1. The third kappa shape index (κ3) is 5.34. The van der Waals surface area contributed by atoms with Crippen LogP contribution in [-0.2, 0) is 16.4 Å². The Hall–Kier alpha value is -2.65. The fraction of sp³-hybridized carbons (Fsp3) is 0.240. The molecule has 0 bridgehead atoms. The molecule has 1 aliphatic heterocycles. The summed E-state index contributed by atoms with van der Waals surface area (Å²) in [7, 11) is -3.40. The van der Waals surface area contributed by atoms with Crippen LogP contribution in [0.15, 0.2) is 77.7 Å². The van der Waals surface area contributed by atoms with Crippen molar-refractivity contribution in [1.29, 1.82) is 5.26 Å². The molecule has 31 heavy (non-hydrogen) atoms. The van der Waals surface area contributed by atoms with Crippen molar-refractivity contribution >= 4 is 21.4 Å². The van der Waals surface area contributed by atoms with Gasteiger partial charge in [-0.3, -0.25) is 4.90 Å². The van der Waals surface area contributed by atoms with Crippen molar-refractivity contribution in [3.63, 3.8) is 0 Å². The molecule has 0 aliphatic carbocycles. The number of likely N-dealkylation sites (tertiary alicyclic amines) is 1. The second-order valence-corrected chi connectivity index (χ2v) is 10.5. The predicted molar refractivity (Wildman–Crippen MR) is 123 cm³/mol. The van der Waals surface area contributed by atoms with E-state index >= 15 is 0 Å². The van der Waals surface area contributed by atoms with E-state index in [1.165, 1.54) is 11.6 Å². The first kappa shape index (κ1) is 21.6. The van der Waals surface area contributed by atoms with Crippen molar-refractivity contribution in [2.24, 2.45) is 5.92 Å². The van der Waals surface area contributed by atoms with Crippen LogP contribution >= 0.6 is 11.6 Å². The minimum absolute atomic E-state index is 0.101. The van der Waals surface area contributed by atoms with Gasteiger partial charge in [0.05, 0.1) is 22.3 Å². The monoisotopic (exact) mass is 450 g/mol. The zero-order valence-corrected chi connectivity index (χ0v) is 18.6. The van der Waals surface area contributed by atoms with Crippen molar-refractivity contribution in [2.45, 2.75) is 17.9 Å². The maximum atomic E-state index is 12.8. The number of hydrogen-bond acceptors (Lipinski definition) is 4. The molecule has 1 atom stereocenters. The Labute approximate surface area is 188 Å².